The summed E-state index contributed by atoms with van der Waals surface area (Å²) in [6, 6.07) is 6.74. The molecule has 2 aromatic rings. The monoisotopic (exact) mass is 1530 g/mol. The molecule has 7 unspecified atom stereocenters. The summed E-state index contributed by atoms with van der Waals surface area (Å²) in [5.41, 5.74) is 22.6. The second kappa shape index (κ2) is 47.3. The highest BCUT2D eigenvalue weighted by molar-refractivity contribution is 8.00. The van der Waals surface area contributed by atoms with Crippen LogP contribution in [0.1, 0.15) is 121 Å². The molecule has 0 radical (unpaired) electrons. The number of thioether (sulfide) groups is 1. The number of carboxylic acid groups (broad SMARTS) is 1. The molecule has 108 heavy (non-hydrogen) atoms. The van der Waals surface area contributed by atoms with Crippen molar-refractivity contribution < 1.29 is 77.3 Å². The Morgan fingerprint density at radius 3 is 1.95 bits per heavy atom. The highest BCUT2D eigenvalue weighted by atomic mass is 32.2. The van der Waals surface area contributed by atoms with Gasteiger partial charge in [0.1, 0.15) is 47.7 Å². The van der Waals surface area contributed by atoms with Crippen LogP contribution in [0, 0.1) is 0 Å². The molecule has 3 fully saturated rings. The minimum atomic E-state index is -1.67. The fourth-order valence-corrected chi connectivity index (χ4v) is 13.1. The Hall–Kier alpha value is -9.60. The average molecular weight is 1530 g/mol. The van der Waals surface area contributed by atoms with Gasteiger partial charge in [0.25, 0.3) is 0 Å². The van der Waals surface area contributed by atoms with E-state index in [1.165, 1.54) is 12.1 Å². The van der Waals surface area contributed by atoms with Crippen LogP contribution >= 0.6 is 11.8 Å². The lowest BCUT2D eigenvalue weighted by Crippen LogP contribution is -2.70. The molecule has 13 amide bonds. The number of aromatic hydroxyl groups is 1. The lowest BCUT2D eigenvalue weighted by molar-refractivity contribution is -0.141. The standard InChI is InChI=1S/C70H111N21O16S/c1-69(2)41-76-30-31-77-43-70(42-75-29-25-71,83-33-32-82-69)90-57(96)19-11-18-56(95)84-49(36-45-20-22-46(92)23-21-45)63(103)79-27-9-4-7-17-55(94)86-52(61(72)101)40-108-53-38-59(98)91(67(53)107)34-24-54(93)78-26-10-8-15-48-64(104)87-47(16-12-28-80-68(73)74)62(102)81-39-58(97)85-51(37-60(99)100)66(106)89-50(65(105)88-48)35-44-13-5-3-6-14-44/h3,5-6,13-14,20-23,47-53,75-77,82-83,92H,4,7-12,15-19,24-43,71H2,1-2H3,(H2,72,101)(H,78,93)(H,79,103)(H,81,102)(H,84,95)(H,85,97)(H,86,94)(H,87,104)(H,88,105)(H,89,106)(H,90,96)(H,99,100)(H4,73,74,80)/t47?,48?,49?,50?,51?,52?,53?,70-/m0/s1. The van der Waals surface area contributed by atoms with Gasteiger partial charge in [0.15, 0.2) is 5.96 Å². The molecule has 0 bridgehead atoms. The fraction of sp³-hybridized carbons (Fsp3) is 0.614. The van der Waals surface area contributed by atoms with Gasteiger partial charge in [0.2, 0.25) is 76.8 Å². The number of nitrogens with zero attached hydrogens (tertiary/aromatic N) is 2. The molecule has 8 atom stereocenters. The van der Waals surface area contributed by atoms with Crippen LogP contribution in [-0.2, 0) is 80.0 Å². The number of aliphatic imine (C=N–C) groups is 1. The number of carbonyl (C=O) groups excluding carboxylic acids is 13. The third kappa shape index (κ3) is 34.1. The third-order valence-electron chi connectivity index (χ3n) is 17.7. The molecule has 3 heterocycles. The van der Waals surface area contributed by atoms with Crippen molar-refractivity contribution in [3.8, 4) is 5.75 Å². The maximum Gasteiger partial charge on any atom is 0.305 e. The van der Waals surface area contributed by atoms with Gasteiger partial charge in [-0.2, -0.15) is 0 Å². The maximum atomic E-state index is 14.2. The molecule has 598 valence electrons. The van der Waals surface area contributed by atoms with Crippen LogP contribution in [0.15, 0.2) is 59.6 Å². The number of amides is 13. The zero-order valence-electron chi connectivity index (χ0n) is 61.6. The Bertz CT molecular complexity index is 3370. The van der Waals surface area contributed by atoms with Crippen LogP contribution in [0.2, 0.25) is 0 Å². The SMILES string of the molecule is CC1(C)CNCCNC[C@](CNCCN)(NC(=O)CCCC(=O)NC(Cc2ccc(O)cc2)C(=O)NCCCCCC(=O)NC(CSC2CC(=O)N(CCC(=O)NCCCCC3NC(=O)C(Cc4ccccc4)NC(=O)C(CC(=O)O)NC(=O)CNC(=O)C(CCCN=C(N)N)NC3=O)C2=O)C(N)=O)NCCN1. The fourth-order valence-electron chi connectivity index (χ4n) is 11.9. The number of hydrogen-bond donors (Lipinski definition) is 21. The van der Waals surface area contributed by atoms with Gasteiger partial charge in [-0.15, -0.1) is 11.8 Å². The highest BCUT2D eigenvalue weighted by Crippen LogP contribution is 2.26. The number of phenols is 1. The van der Waals surface area contributed by atoms with E-state index in [4.69, 9.17) is 22.9 Å². The van der Waals surface area contributed by atoms with Gasteiger partial charge < -0.3 is 108 Å². The lowest BCUT2D eigenvalue weighted by atomic mass is 10.0. The molecule has 37 nitrogen and oxygen atoms in total. The zero-order valence-corrected chi connectivity index (χ0v) is 62.4. The smallest absolute Gasteiger partial charge is 0.305 e. The minimum Gasteiger partial charge on any atom is -0.508 e. The summed E-state index contributed by atoms with van der Waals surface area (Å²) >= 11 is 0.947. The Morgan fingerprint density at radius 2 is 1.26 bits per heavy atom. The predicted molar refractivity (Wildman–Crippen MR) is 401 cm³/mol. The first-order chi connectivity index (χ1) is 51.5. The number of hydrogen-bond acceptors (Lipinski definition) is 23. The largest absolute Gasteiger partial charge is 0.508 e. The molecule has 38 heteroatoms. The number of phenolic OH excluding ortho intramolecular Hbond substituents is 1. The van der Waals surface area contributed by atoms with E-state index in [-0.39, 0.29) is 139 Å². The Morgan fingerprint density at radius 1 is 0.639 bits per heavy atom. The molecule has 3 aliphatic rings. The van der Waals surface area contributed by atoms with Crippen molar-refractivity contribution >= 4 is 100 Å². The molecule has 2 aromatic carbocycles. The summed E-state index contributed by atoms with van der Waals surface area (Å²) in [7, 11) is 0. The number of benzene rings is 2. The van der Waals surface area contributed by atoms with E-state index in [1.54, 1.807) is 42.5 Å². The number of carbonyl (C=O) groups is 14. The van der Waals surface area contributed by atoms with Gasteiger partial charge in [-0.3, -0.25) is 82.3 Å². The number of aliphatic carboxylic acids is 1. The van der Waals surface area contributed by atoms with Crippen molar-refractivity contribution in [1.82, 2.24) is 84.7 Å². The normalized spacial score (nSPS) is 21.0. The number of guanidine groups is 1. The van der Waals surface area contributed by atoms with Gasteiger partial charge in [0.05, 0.1) is 18.2 Å². The number of rotatable bonds is 40. The quantitative estimate of drug-likeness (QED) is 0.0128. The number of likely N-dealkylation sites (tertiary alicyclic amines) is 1. The van der Waals surface area contributed by atoms with Crippen molar-refractivity contribution in [2.24, 2.45) is 27.9 Å². The number of primary amides is 1. The van der Waals surface area contributed by atoms with Crippen LogP contribution in [0.4, 0.5) is 0 Å². The van der Waals surface area contributed by atoms with Crippen molar-refractivity contribution in [2.75, 3.05) is 97.4 Å². The van der Waals surface area contributed by atoms with Crippen molar-refractivity contribution in [3.05, 3.63) is 65.7 Å². The molecule has 5 rings (SSSR count). The van der Waals surface area contributed by atoms with E-state index >= 15 is 0 Å². The van der Waals surface area contributed by atoms with E-state index in [1.807, 2.05) is 0 Å². The number of nitrogens with two attached hydrogens (primary N) is 4. The molecule has 3 aliphatic heterocycles. The Kier molecular flexibility index (Phi) is 39.0. The molecular formula is C70H111N21O16S. The van der Waals surface area contributed by atoms with Crippen LogP contribution in [-0.4, -0.2) is 254 Å². The van der Waals surface area contributed by atoms with E-state index in [0.717, 1.165) is 29.8 Å². The first kappa shape index (κ1) is 89.0. The van der Waals surface area contributed by atoms with Crippen molar-refractivity contribution in [3.63, 3.8) is 0 Å². The van der Waals surface area contributed by atoms with Crippen LogP contribution < -0.4 is 103 Å². The molecule has 25 N–H and O–H groups in total. The van der Waals surface area contributed by atoms with Gasteiger partial charge in [0, 0.05) is 141 Å². The van der Waals surface area contributed by atoms with Crippen LogP contribution in [0.5, 0.6) is 5.75 Å². The molecule has 3 saturated heterocycles. The van der Waals surface area contributed by atoms with Crippen LogP contribution in [0.25, 0.3) is 0 Å². The number of unbranched alkanes of at least 4 members (excludes halogenated alkanes) is 3. The molecule has 0 aromatic heterocycles. The number of imide groups is 1. The second-order valence-electron chi connectivity index (χ2n) is 27.4. The molecule has 0 saturated carbocycles. The summed E-state index contributed by atoms with van der Waals surface area (Å²) in [5.74, 6) is -10.5. The maximum absolute atomic E-state index is 14.2. The molecular weight excluding hydrogens is 1420 g/mol. The van der Waals surface area contributed by atoms with Crippen molar-refractivity contribution in [1.29, 1.82) is 0 Å². The van der Waals surface area contributed by atoms with E-state index < -0.39 is 137 Å². The van der Waals surface area contributed by atoms with Gasteiger partial charge in [-0.25, -0.2) is 0 Å². The first-order valence-electron chi connectivity index (χ1n) is 36.6. The Labute approximate surface area is 632 Å². The summed E-state index contributed by atoms with van der Waals surface area (Å²) in [6.45, 7) is 8.63. The Balaban J connectivity index is 1.06. The topological polar surface area (TPSA) is 580 Å². The number of carboxylic acids is 1. The van der Waals surface area contributed by atoms with E-state index in [0.29, 0.717) is 76.2 Å². The molecule has 0 spiro atoms. The van der Waals surface area contributed by atoms with Crippen LogP contribution in [0.3, 0.4) is 0 Å². The zero-order chi connectivity index (χ0) is 79.0. The third-order valence-corrected chi connectivity index (χ3v) is 19.0. The van der Waals surface area contributed by atoms with Crippen molar-refractivity contribution in [2.45, 2.75) is 176 Å². The predicted octanol–water partition coefficient (Wildman–Crippen LogP) is -5.87. The van der Waals surface area contributed by atoms with Gasteiger partial charge >= 0.3 is 5.97 Å². The summed E-state index contributed by atoms with van der Waals surface area (Å²) in [4.78, 5) is 191. The van der Waals surface area contributed by atoms with Gasteiger partial charge in [-0.05, 0) is 88.5 Å². The first-order valence-corrected chi connectivity index (χ1v) is 37.7. The van der Waals surface area contributed by atoms with Gasteiger partial charge in [-0.1, -0.05) is 48.9 Å². The summed E-state index contributed by atoms with van der Waals surface area (Å²) < 4.78 is 0. The second-order valence-corrected chi connectivity index (χ2v) is 28.7. The summed E-state index contributed by atoms with van der Waals surface area (Å²) in [6.07, 6.45) is 0.454. The van der Waals surface area contributed by atoms with E-state index in [2.05, 4.69) is 98.6 Å². The lowest BCUT2D eigenvalue weighted by Gasteiger charge is -2.38. The average Bonchev–Trinajstić information content (AvgIpc) is 1.62. The number of nitrogens with one attached hydrogen (secondary N) is 15. The molecule has 0 aliphatic carbocycles. The summed E-state index contributed by atoms with van der Waals surface area (Å²) in [5, 5.41) is 62.4. The highest BCUT2D eigenvalue weighted by Gasteiger charge is 2.40. The van der Waals surface area contributed by atoms with E-state index in [9.17, 15) is 77.3 Å². The minimum absolute atomic E-state index is 0.0199.